The molecule has 5 aromatic rings. The molecule has 0 aliphatic rings. The number of aliphatic carboxylic acids is 1. The number of amides is 1. The van der Waals surface area contributed by atoms with Gasteiger partial charge in [0.15, 0.2) is 6.61 Å². The molecular formula is C28H23N3O4. The third kappa shape index (κ3) is 4.99. The zero-order chi connectivity index (χ0) is 24.2. The molecule has 1 unspecified atom stereocenters. The molecule has 1 amide bonds. The number of hydrogen-bond acceptors (Lipinski definition) is 4. The van der Waals surface area contributed by atoms with E-state index >= 15 is 0 Å². The van der Waals surface area contributed by atoms with Crippen LogP contribution < -0.4 is 10.1 Å². The van der Waals surface area contributed by atoms with Crippen LogP contribution in [0.25, 0.3) is 21.8 Å². The van der Waals surface area contributed by atoms with Crippen molar-refractivity contribution in [1.82, 2.24) is 9.55 Å². The second-order valence-corrected chi connectivity index (χ2v) is 8.23. The lowest BCUT2D eigenvalue weighted by molar-refractivity contribution is -0.137. The van der Waals surface area contributed by atoms with E-state index in [0.717, 1.165) is 21.9 Å². The van der Waals surface area contributed by atoms with Gasteiger partial charge in [0.1, 0.15) is 5.75 Å². The summed E-state index contributed by atoms with van der Waals surface area (Å²) in [5, 5.41) is 14.5. The smallest absolute Gasteiger partial charge is 0.305 e. The van der Waals surface area contributed by atoms with Gasteiger partial charge in [0, 0.05) is 5.69 Å². The fraction of sp³-hybridized carbons (Fsp3) is 0.107. The number of carbonyl (C=O) groups excluding carboxylic acids is 1. The Kier molecular flexibility index (Phi) is 6.13. The zero-order valence-corrected chi connectivity index (χ0v) is 18.8. The molecule has 7 heteroatoms. The molecule has 0 saturated carbocycles. The molecule has 1 heterocycles. The number of anilines is 1. The summed E-state index contributed by atoms with van der Waals surface area (Å²) >= 11 is 0. The first-order valence-electron chi connectivity index (χ1n) is 11.2. The number of hydrogen-bond donors (Lipinski definition) is 2. The molecule has 1 aromatic heterocycles. The number of nitrogens with one attached hydrogen (secondary N) is 1. The van der Waals surface area contributed by atoms with Crippen molar-refractivity contribution in [2.45, 2.75) is 12.5 Å². The lowest BCUT2D eigenvalue weighted by atomic mass is 10.0. The number of nitrogens with zero attached hydrogens (tertiary/aromatic N) is 2. The molecule has 7 nitrogen and oxygen atoms in total. The molecule has 1 atom stereocenters. The Morgan fingerprint density at radius 2 is 1.69 bits per heavy atom. The highest BCUT2D eigenvalue weighted by Crippen LogP contribution is 2.28. The quantitative estimate of drug-likeness (QED) is 0.326. The van der Waals surface area contributed by atoms with Crippen molar-refractivity contribution < 1.29 is 19.4 Å². The van der Waals surface area contributed by atoms with Gasteiger partial charge in [0.2, 0.25) is 0 Å². The minimum atomic E-state index is -0.906. The number of carboxylic acids is 1. The third-order valence-corrected chi connectivity index (χ3v) is 5.84. The van der Waals surface area contributed by atoms with Gasteiger partial charge in [0.25, 0.3) is 5.91 Å². The topological polar surface area (TPSA) is 93.5 Å². The van der Waals surface area contributed by atoms with Crippen molar-refractivity contribution in [3.63, 3.8) is 0 Å². The maximum Gasteiger partial charge on any atom is 0.305 e. The fourth-order valence-electron chi connectivity index (χ4n) is 4.17. The predicted octanol–water partition coefficient (Wildman–Crippen LogP) is 5.27. The first-order valence-corrected chi connectivity index (χ1v) is 11.2. The van der Waals surface area contributed by atoms with E-state index in [2.05, 4.69) is 10.3 Å². The molecule has 2 N–H and O–H groups in total. The fourth-order valence-corrected chi connectivity index (χ4v) is 4.17. The highest BCUT2D eigenvalue weighted by Gasteiger charge is 2.20. The van der Waals surface area contributed by atoms with Crippen molar-refractivity contribution in [1.29, 1.82) is 0 Å². The number of fused-ring (bicyclic) bond motifs is 2. The van der Waals surface area contributed by atoms with Gasteiger partial charge in [-0.2, -0.15) is 0 Å². The molecule has 0 fully saturated rings. The Bertz CT molecular complexity index is 1510. The molecule has 0 saturated heterocycles. The minimum absolute atomic E-state index is 0.0916. The van der Waals surface area contributed by atoms with Gasteiger partial charge in [-0.1, -0.05) is 60.7 Å². The molecule has 0 radical (unpaired) electrons. The van der Waals surface area contributed by atoms with E-state index in [1.54, 1.807) is 24.5 Å². The highest BCUT2D eigenvalue weighted by atomic mass is 16.5. The molecule has 35 heavy (non-hydrogen) atoms. The zero-order valence-electron chi connectivity index (χ0n) is 18.8. The van der Waals surface area contributed by atoms with Crippen LogP contribution in [-0.2, 0) is 9.59 Å². The number of carboxylic acid groups (broad SMARTS) is 1. The lowest BCUT2D eigenvalue weighted by Gasteiger charge is -2.18. The maximum atomic E-state index is 12.6. The van der Waals surface area contributed by atoms with Gasteiger partial charge in [-0.05, 0) is 46.7 Å². The molecule has 0 aliphatic heterocycles. The summed E-state index contributed by atoms with van der Waals surface area (Å²) in [7, 11) is 0. The van der Waals surface area contributed by atoms with Crippen molar-refractivity contribution in [2.24, 2.45) is 0 Å². The Morgan fingerprint density at radius 1 is 0.914 bits per heavy atom. The summed E-state index contributed by atoms with van der Waals surface area (Å²) in [6.45, 7) is -0.138. The van der Waals surface area contributed by atoms with E-state index in [4.69, 9.17) is 4.74 Å². The maximum absolute atomic E-state index is 12.6. The summed E-state index contributed by atoms with van der Waals surface area (Å²) in [4.78, 5) is 28.6. The van der Waals surface area contributed by atoms with Crippen molar-refractivity contribution in [3.8, 4) is 5.75 Å². The van der Waals surface area contributed by atoms with E-state index in [1.807, 2.05) is 77.4 Å². The van der Waals surface area contributed by atoms with Crippen molar-refractivity contribution in [2.75, 3.05) is 11.9 Å². The number of benzene rings is 4. The summed E-state index contributed by atoms with van der Waals surface area (Å²) in [5.41, 5.74) is 2.89. The SMILES string of the molecule is O=C(O)CC(c1ccccc1)n1cnc2ccc(NC(=O)COc3ccc4ccccc4c3)cc21. The van der Waals surface area contributed by atoms with Crippen LogP contribution in [0.3, 0.4) is 0 Å². The molecule has 5 rings (SSSR count). The van der Waals surface area contributed by atoms with Crippen LogP contribution in [0.4, 0.5) is 5.69 Å². The van der Waals surface area contributed by atoms with E-state index in [0.29, 0.717) is 17.0 Å². The molecule has 4 aromatic carbocycles. The van der Waals surface area contributed by atoms with Crippen LogP contribution >= 0.6 is 0 Å². The van der Waals surface area contributed by atoms with Gasteiger partial charge in [-0.25, -0.2) is 4.98 Å². The second-order valence-electron chi connectivity index (χ2n) is 8.23. The molecular weight excluding hydrogens is 442 g/mol. The van der Waals surface area contributed by atoms with Crippen LogP contribution in [0, 0.1) is 0 Å². The first kappa shape index (κ1) is 22.2. The van der Waals surface area contributed by atoms with Gasteiger partial charge >= 0.3 is 5.97 Å². The van der Waals surface area contributed by atoms with Crippen LogP contribution in [-0.4, -0.2) is 33.1 Å². The Labute approximate surface area is 201 Å². The summed E-state index contributed by atoms with van der Waals surface area (Å²) < 4.78 is 7.52. The molecule has 174 valence electrons. The van der Waals surface area contributed by atoms with Crippen LogP contribution in [0.5, 0.6) is 5.75 Å². The van der Waals surface area contributed by atoms with E-state index < -0.39 is 12.0 Å². The number of rotatable bonds is 8. The highest BCUT2D eigenvalue weighted by molar-refractivity contribution is 5.94. The van der Waals surface area contributed by atoms with Gasteiger partial charge < -0.3 is 19.7 Å². The third-order valence-electron chi connectivity index (χ3n) is 5.84. The Morgan fingerprint density at radius 3 is 2.49 bits per heavy atom. The van der Waals surface area contributed by atoms with Crippen LogP contribution in [0.15, 0.2) is 97.3 Å². The second kappa shape index (κ2) is 9.69. The Hall–Kier alpha value is -4.65. The largest absolute Gasteiger partial charge is 0.484 e. The number of carbonyl (C=O) groups is 2. The van der Waals surface area contributed by atoms with Crippen LogP contribution in [0.2, 0.25) is 0 Å². The number of aromatic nitrogens is 2. The number of ether oxygens (including phenoxy) is 1. The monoisotopic (exact) mass is 465 g/mol. The van der Waals surface area contributed by atoms with E-state index in [-0.39, 0.29) is 18.9 Å². The lowest BCUT2D eigenvalue weighted by Crippen LogP contribution is -2.20. The predicted molar refractivity (Wildman–Crippen MR) is 135 cm³/mol. The summed E-state index contributed by atoms with van der Waals surface area (Å²) in [6.07, 6.45) is 1.55. The van der Waals surface area contributed by atoms with Gasteiger partial charge in [0.05, 0.1) is 29.8 Å². The average molecular weight is 466 g/mol. The van der Waals surface area contributed by atoms with Crippen molar-refractivity contribution >= 4 is 39.4 Å². The summed E-state index contributed by atoms with van der Waals surface area (Å²) in [5.74, 6) is -0.587. The van der Waals surface area contributed by atoms with Gasteiger partial charge in [-0.15, -0.1) is 0 Å². The van der Waals surface area contributed by atoms with Gasteiger partial charge in [-0.3, -0.25) is 9.59 Å². The summed E-state index contributed by atoms with van der Waals surface area (Å²) in [6, 6.07) is 28.0. The molecule has 0 aliphatic carbocycles. The standard InChI is InChI=1S/C28H23N3O4/c32-27(17-35-23-12-10-19-6-4-5-9-21(19)14-23)30-22-11-13-24-26(15-22)31(18-29-24)25(16-28(33)34)20-7-2-1-3-8-20/h1-15,18,25H,16-17H2,(H,30,32)(H,33,34). The normalized spacial score (nSPS) is 11.9. The molecule has 0 bridgehead atoms. The molecule has 0 spiro atoms. The van der Waals surface area contributed by atoms with E-state index in [9.17, 15) is 14.7 Å². The number of imidazole rings is 1. The minimum Gasteiger partial charge on any atom is -0.484 e. The van der Waals surface area contributed by atoms with Crippen molar-refractivity contribution in [3.05, 3.63) is 103 Å². The van der Waals surface area contributed by atoms with Crippen LogP contribution in [0.1, 0.15) is 18.0 Å². The average Bonchev–Trinajstić information content (AvgIpc) is 3.29. The van der Waals surface area contributed by atoms with E-state index in [1.165, 1.54) is 0 Å². The first-order chi connectivity index (χ1) is 17.1. The Balaban J connectivity index is 1.33.